The highest BCUT2D eigenvalue weighted by molar-refractivity contribution is 5.79. The van der Waals surface area contributed by atoms with Crippen LogP contribution in [0.5, 0.6) is 0 Å². The number of nitrogens with two attached hydrogens (primary N) is 1. The number of nitrogens with one attached hydrogen (secondary N) is 1. The Bertz CT molecular complexity index is 894. The molecule has 0 bridgehead atoms. The van der Waals surface area contributed by atoms with E-state index in [2.05, 4.69) is 15.3 Å². The van der Waals surface area contributed by atoms with Crippen molar-refractivity contribution in [3.8, 4) is 16.9 Å². The van der Waals surface area contributed by atoms with E-state index in [1.54, 1.807) is 23.0 Å². The van der Waals surface area contributed by atoms with Crippen molar-refractivity contribution in [2.24, 2.45) is 5.73 Å². The van der Waals surface area contributed by atoms with Crippen LogP contribution in [0.15, 0.2) is 30.5 Å². The number of halogens is 1. The van der Waals surface area contributed by atoms with E-state index in [1.165, 1.54) is 12.1 Å². The first-order valence-electron chi connectivity index (χ1n) is 7.31. The highest BCUT2D eigenvalue weighted by Crippen LogP contribution is 2.36. The monoisotopic (exact) mass is 311 g/mol. The van der Waals surface area contributed by atoms with E-state index in [9.17, 15) is 9.18 Å². The van der Waals surface area contributed by atoms with Crippen molar-refractivity contribution in [3.05, 3.63) is 53.2 Å². The highest BCUT2D eigenvalue weighted by atomic mass is 19.1. The van der Waals surface area contributed by atoms with Crippen molar-refractivity contribution in [2.45, 2.75) is 19.3 Å². The molecule has 1 aliphatic carbocycles. The summed E-state index contributed by atoms with van der Waals surface area (Å²) in [5, 5.41) is 11.7. The number of aromatic amines is 1. The van der Waals surface area contributed by atoms with E-state index < -0.39 is 5.91 Å². The molecule has 0 aliphatic heterocycles. The number of aromatic nitrogens is 4. The fraction of sp³-hybridized carbons (Fsp3) is 0.188. The summed E-state index contributed by atoms with van der Waals surface area (Å²) in [5.74, 6) is -0.731. The van der Waals surface area contributed by atoms with Gasteiger partial charge in [-0.25, -0.2) is 9.07 Å². The molecule has 2 aromatic heterocycles. The Morgan fingerprint density at radius 3 is 2.83 bits per heavy atom. The highest BCUT2D eigenvalue weighted by Gasteiger charge is 2.27. The zero-order chi connectivity index (χ0) is 16.0. The first-order valence-corrected chi connectivity index (χ1v) is 7.31. The number of benzene rings is 1. The molecule has 23 heavy (non-hydrogen) atoms. The lowest BCUT2D eigenvalue weighted by Crippen LogP contribution is -2.15. The molecule has 0 unspecified atom stereocenters. The van der Waals surface area contributed by atoms with Gasteiger partial charge in [-0.2, -0.15) is 10.2 Å². The summed E-state index contributed by atoms with van der Waals surface area (Å²) in [6.45, 7) is 0. The molecule has 0 spiro atoms. The summed E-state index contributed by atoms with van der Waals surface area (Å²) < 4.78 is 14.9. The normalized spacial score (nSPS) is 12.7. The molecule has 1 aromatic carbocycles. The van der Waals surface area contributed by atoms with E-state index >= 15 is 0 Å². The summed E-state index contributed by atoms with van der Waals surface area (Å²) in [5.41, 5.74) is 10.6. The van der Waals surface area contributed by atoms with Crippen LogP contribution in [0.25, 0.3) is 16.9 Å². The van der Waals surface area contributed by atoms with Crippen molar-refractivity contribution >= 4 is 5.91 Å². The number of rotatable bonds is 3. The predicted octanol–water partition coefficient (Wildman–Crippen LogP) is 1.53. The summed E-state index contributed by atoms with van der Waals surface area (Å²) in [4.78, 5) is 11.3. The van der Waals surface area contributed by atoms with Gasteiger partial charge in [0.1, 0.15) is 5.82 Å². The zero-order valence-electron chi connectivity index (χ0n) is 12.2. The molecule has 116 valence electrons. The maximum atomic E-state index is 13.2. The summed E-state index contributed by atoms with van der Waals surface area (Å²) in [6, 6.07) is 6.09. The summed E-state index contributed by atoms with van der Waals surface area (Å²) in [7, 11) is 0. The van der Waals surface area contributed by atoms with Crippen LogP contribution in [0.4, 0.5) is 4.39 Å². The Hall–Kier alpha value is -2.96. The molecule has 3 N–H and O–H groups in total. The number of aryl methyl sites for hydroxylation is 1. The summed E-state index contributed by atoms with van der Waals surface area (Å²) in [6.07, 6.45) is 3.41. The topological polar surface area (TPSA) is 89.6 Å². The maximum absolute atomic E-state index is 13.2. The second-order valence-electron chi connectivity index (χ2n) is 5.57. The molecular weight excluding hydrogens is 297 g/mol. The van der Waals surface area contributed by atoms with E-state index in [1.807, 2.05) is 0 Å². The molecule has 0 radical (unpaired) electrons. The SMILES string of the molecule is NC(=O)Cc1nn(-c2ccc(F)cc2)c2c1CCc1[nH]ncc1-2. The van der Waals surface area contributed by atoms with Crippen molar-refractivity contribution in [3.63, 3.8) is 0 Å². The molecule has 0 saturated heterocycles. The summed E-state index contributed by atoms with van der Waals surface area (Å²) >= 11 is 0. The van der Waals surface area contributed by atoms with Gasteiger partial charge in [-0.05, 0) is 37.1 Å². The van der Waals surface area contributed by atoms with Crippen LogP contribution in [-0.4, -0.2) is 25.9 Å². The third kappa shape index (κ3) is 2.21. The van der Waals surface area contributed by atoms with Crippen molar-refractivity contribution < 1.29 is 9.18 Å². The molecule has 1 aliphatic rings. The van der Waals surface area contributed by atoms with Gasteiger partial charge >= 0.3 is 0 Å². The van der Waals surface area contributed by atoms with Gasteiger partial charge in [0.15, 0.2) is 0 Å². The van der Waals surface area contributed by atoms with Crippen LogP contribution < -0.4 is 5.73 Å². The molecule has 0 fully saturated rings. The standard InChI is InChI=1S/C16H14FN5O/c17-9-1-3-10(4-2-9)22-16-11(14(21-22)7-15(18)23)5-6-13-12(16)8-19-20-13/h1-4,8H,5-7H2,(H2,18,23)(H,19,20). The fourth-order valence-electron chi connectivity index (χ4n) is 3.07. The third-order valence-electron chi connectivity index (χ3n) is 4.08. The van der Waals surface area contributed by atoms with E-state index in [4.69, 9.17) is 5.73 Å². The molecule has 0 atom stereocenters. The Kier molecular flexibility index (Phi) is 3.00. The molecule has 4 rings (SSSR count). The third-order valence-corrected chi connectivity index (χ3v) is 4.08. The molecular formula is C16H14FN5O. The minimum Gasteiger partial charge on any atom is -0.369 e. The smallest absolute Gasteiger partial charge is 0.223 e. The Labute approximate surface area is 131 Å². The van der Waals surface area contributed by atoms with E-state index in [0.717, 1.165) is 41.0 Å². The molecule has 1 amide bonds. The molecule has 2 heterocycles. The molecule has 0 saturated carbocycles. The number of carbonyl (C=O) groups is 1. The Morgan fingerprint density at radius 2 is 2.09 bits per heavy atom. The minimum atomic E-state index is -0.422. The lowest BCUT2D eigenvalue weighted by molar-refractivity contribution is -0.117. The van der Waals surface area contributed by atoms with Gasteiger partial charge in [-0.1, -0.05) is 0 Å². The Balaban J connectivity index is 1.94. The van der Waals surface area contributed by atoms with Gasteiger partial charge in [0.25, 0.3) is 0 Å². The van der Waals surface area contributed by atoms with Crippen LogP contribution >= 0.6 is 0 Å². The van der Waals surface area contributed by atoms with Crippen molar-refractivity contribution in [2.75, 3.05) is 0 Å². The lowest BCUT2D eigenvalue weighted by Gasteiger charge is -2.14. The number of hydrogen-bond donors (Lipinski definition) is 2. The van der Waals surface area contributed by atoms with Gasteiger partial charge in [0.05, 0.1) is 29.7 Å². The molecule has 6 nitrogen and oxygen atoms in total. The van der Waals surface area contributed by atoms with Crippen LogP contribution in [0.2, 0.25) is 0 Å². The second-order valence-corrected chi connectivity index (χ2v) is 5.57. The predicted molar refractivity (Wildman–Crippen MR) is 81.4 cm³/mol. The van der Waals surface area contributed by atoms with Gasteiger partial charge in [-0.3, -0.25) is 9.89 Å². The van der Waals surface area contributed by atoms with E-state index in [-0.39, 0.29) is 12.2 Å². The minimum absolute atomic E-state index is 0.0870. The lowest BCUT2D eigenvalue weighted by atomic mass is 9.93. The van der Waals surface area contributed by atoms with Crippen LogP contribution in [0, 0.1) is 5.82 Å². The first-order chi connectivity index (χ1) is 11.1. The van der Waals surface area contributed by atoms with Gasteiger partial charge < -0.3 is 5.73 Å². The Morgan fingerprint density at radius 1 is 1.30 bits per heavy atom. The van der Waals surface area contributed by atoms with E-state index in [0.29, 0.717) is 5.69 Å². The molecule has 3 aromatic rings. The fourth-order valence-corrected chi connectivity index (χ4v) is 3.07. The first kappa shape index (κ1) is 13.7. The van der Waals surface area contributed by atoms with Gasteiger partial charge in [0.2, 0.25) is 5.91 Å². The van der Waals surface area contributed by atoms with Crippen LogP contribution in [-0.2, 0) is 24.1 Å². The number of fused-ring (bicyclic) bond motifs is 3. The van der Waals surface area contributed by atoms with Gasteiger partial charge in [-0.15, -0.1) is 0 Å². The molecule has 7 heteroatoms. The second kappa shape index (κ2) is 5.05. The van der Waals surface area contributed by atoms with Crippen molar-refractivity contribution in [1.82, 2.24) is 20.0 Å². The number of H-pyrrole nitrogens is 1. The number of carbonyl (C=O) groups excluding carboxylic acids is 1. The number of primary amides is 1. The zero-order valence-corrected chi connectivity index (χ0v) is 12.2. The van der Waals surface area contributed by atoms with Gasteiger partial charge in [0, 0.05) is 16.8 Å². The van der Waals surface area contributed by atoms with Crippen molar-refractivity contribution in [1.29, 1.82) is 0 Å². The quantitative estimate of drug-likeness (QED) is 0.768. The maximum Gasteiger partial charge on any atom is 0.223 e. The van der Waals surface area contributed by atoms with Crippen LogP contribution in [0.1, 0.15) is 17.0 Å². The largest absolute Gasteiger partial charge is 0.369 e. The number of hydrogen-bond acceptors (Lipinski definition) is 3. The average molecular weight is 311 g/mol. The number of nitrogens with zero attached hydrogens (tertiary/aromatic N) is 3. The number of amides is 1. The average Bonchev–Trinajstić information content (AvgIpc) is 3.12. The van der Waals surface area contributed by atoms with Crippen LogP contribution in [0.3, 0.4) is 0 Å².